The molecule has 5 rings (SSSR count). The van der Waals surface area contributed by atoms with E-state index in [4.69, 9.17) is 4.74 Å². The maximum absolute atomic E-state index is 13.3. The SMILES string of the molecule is O=C1C2=C(C=C(N3CC4CC3CO4)CC=C2)CCN1CC(O)CN1CC/C=C\C=C/CCC1. The van der Waals surface area contributed by atoms with Crippen molar-refractivity contribution in [1.29, 1.82) is 0 Å². The molecule has 3 atom stereocenters. The fourth-order valence-electron chi connectivity index (χ4n) is 5.75. The lowest BCUT2D eigenvalue weighted by Crippen LogP contribution is -2.45. The zero-order valence-electron chi connectivity index (χ0n) is 19.6. The van der Waals surface area contributed by atoms with Crippen molar-refractivity contribution < 1.29 is 14.6 Å². The maximum Gasteiger partial charge on any atom is 0.254 e. The molecule has 2 saturated heterocycles. The summed E-state index contributed by atoms with van der Waals surface area (Å²) in [4.78, 5) is 20.0. The molecule has 5 aliphatic rings. The van der Waals surface area contributed by atoms with Crippen molar-refractivity contribution in [2.75, 3.05) is 45.9 Å². The normalized spacial score (nSPS) is 31.3. The first-order valence-corrected chi connectivity index (χ1v) is 12.7. The molecule has 2 fully saturated rings. The number of nitrogens with zero attached hydrogens (tertiary/aromatic N) is 3. The Kier molecular flexibility index (Phi) is 7.14. The van der Waals surface area contributed by atoms with Gasteiger partial charge in [0.05, 0.1) is 24.9 Å². The number of carbonyl (C=O) groups is 1. The van der Waals surface area contributed by atoms with E-state index in [1.807, 2.05) is 11.0 Å². The van der Waals surface area contributed by atoms with Crippen LogP contribution in [0.15, 0.2) is 59.4 Å². The Hall–Kier alpha value is -2.15. The zero-order chi connectivity index (χ0) is 22.6. The summed E-state index contributed by atoms with van der Waals surface area (Å²) in [5.41, 5.74) is 3.27. The molecule has 4 aliphatic heterocycles. The van der Waals surface area contributed by atoms with E-state index in [0.29, 0.717) is 31.8 Å². The minimum atomic E-state index is -0.528. The lowest BCUT2D eigenvalue weighted by atomic mass is 9.98. The number of aliphatic hydroxyl groups is 1. The van der Waals surface area contributed by atoms with Gasteiger partial charge in [-0.2, -0.15) is 0 Å². The van der Waals surface area contributed by atoms with E-state index in [1.165, 1.54) is 5.70 Å². The van der Waals surface area contributed by atoms with Gasteiger partial charge in [0, 0.05) is 50.4 Å². The Morgan fingerprint density at radius 3 is 2.79 bits per heavy atom. The molecule has 178 valence electrons. The molecule has 4 heterocycles. The third-order valence-electron chi connectivity index (χ3n) is 7.48. The third-order valence-corrected chi connectivity index (χ3v) is 7.48. The number of ether oxygens (including phenoxy) is 1. The van der Waals surface area contributed by atoms with Gasteiger partial charge in [0.2, 0.25) is 0 Å². The van der Waals surface area contributed by atoms with Crippen LogP contribution in [0.4, 0.5) is 0 Å². The van der Waals surface area contributed by atoms with E-state index in [1.54, 1.807) is 0 Å². The van der Waals surface area contributed by atoms with E-state index in [2.05, 4.69) is 46.3 Å². The van der Waals surface area contributed by atoms with Crippen LogP contribution in [0.3, 0.4) is 0 Å². The molecule has 6 heteroatoms. The lowest BCUT2D eigenvalue weighted by Gasteiger charge is -2.33. The number of morpholine rings is 1. The third kappa shape index (κ3) is 5.34. The summed E-state index contributed by atoms with van der Waals surface area (Å²) in [6.45, 7) is 5.43. The first-order chi connectivity index (χ1) is 16.2. The summed E-state index contributed by atoms with van der Waals surface area (Å²) < 4.78 is 5.77. The van der Waals surface area contributed by atoms with E-state index in [-0.39, 0.29) is 5.91 Å². The fourth-order valence-corrected chi connectivity index (χ4v) is 5.75. The molecule has 33 heavy (non-hydrogen) atoms. The first-order valence-electron chi connectivity index (χ1n) is 12.7. The van der Waals surface area contributed by atoms with Gasteiger partial charge in [0.25, 0.3) is 5.91 Å². The molecule has 0 spiro atoms. The number of hydrogen-bond donors (Lipinski definition) is 1. The number of hydrogen-bond acceptors (Lipinski definition) is 5. The van der Waals surface area contributed by atoms with Crippen molar-refractivity contribution >= 4 is 5.91 Å². The van der Waals surface area contributed by atoms with Gasteiger partial charge in [-0.05, 0) is 50.3 Å². The van der Waals surface area contributed by atoms with Crippen molar-refractivity contribution in [3.05, 3.63) is 59.4 Å². The highest BCUT2D eigenvalue weighted by molar-refractivity contribution is 5.98. The van der Waals surface area contributed by atoms with Gasteiger partial charge in [-0.25, -0.2) is 0 Å². The predicted molar refractivity (Wildman–Crippen MR) is 129 cm³/mol. The number of carbonyl (C=O) groups excluding carboxylic acids is 1. The monoisotopic (exact) mass is 451 g/mol. The van der Waals surface area contributed by atoms with Crippen molar-refractivity contribution in [3.8, 4) is 0 Å². The molecule has 2 bridgehead atoms. The molecular formula is C27H37N3O3. The Labute approximate surface area is 197 Å². The summed E-state index contributed by atoms with van der Waals surface area (Å²) in [6, 6.07) is 0.492. The highest BCUT2D eigenvalue weighted by atomic mass is 16.5. The summed E-state index contributed by atoms with van der Waals surface area (Å²) in [7, 11) is 0. The summed E-state index contributed by atoms with van der Waals surface area (Å²) in [5.74, 6) is 0.0596. The standard InChI is InChI=1S/C27H37N3O3/c31-24(17-28-12-6-4-2-1-3-5-7-13-28)18-29-14-11-21-15-22(9-8-10-26(21)27(29)32)30-19-25-16-23(30)20-33-25/h1-4,8,10,15,23-25,31H,5-7,9,11-14,16-20H2/b3-1-,4-2-. The fraction of sp³-hybridized carbons (Fsp3) is 0.593. The largest absolute Gasteiger partial charge is 0.390 e. The molecule has 1 N–H and O–H groups in total. The van der Waals surface area contributed by atoms with Crippen molar-refractivity contribution in [1.82, 2.24) is 14.7 Å². The quantitative estimate of drug-likeness (QED) is 0.697. The molecule has 3 unspecified atom stereocenters. The molecular weight excluding hydrogens is 414 g/mol. The maximum atomic E-state index is 13.3. The highest BCUT2D eigenvalue weighted by Gasteiger charge is 2.40. The van der Waals surface area contributed by atoms with Gasteiger partial charge < -0.3 is 24.5 Å². The molecule has 0 aromatic heterocycles. The van der Waals surface area contributed by atoms with Crippen LogP contribution in [0, 0.1) is 0 Å². The average Bonchev–Trinajstić information content (AvgIpc) is 3.38. The van der Waals surface area contributed by atoms with Gasteiger partial charge in [-0.15, -0.1) is 0 Å². The van der Waals surface area contributed by atoms with Crippen molar-refractivity contribution in [2.24, 2.45) is 0 Å². The molecule has 6 nitrogen and oxygen atoms in total. The van der Waals surface area contributed by atoms with Gasteiger partial charge >= 0.3 is 0 Å². The number of fused-ring (bicyclic) bond motifs is 2. The van der Waals surface area contributed by atoms with Gasteiger partial charge in [-0.3, -0.25) is 4.79 Å². The molecule has 0 aromatic rings. The second-order valence-electron chi connectivity index (χ2n) is 9.92. The van der Waals surface area contributed by atoms with Crippen molar-refractivity contribution in [3.63, 3.8) is 0 Å². The van der Waals surface area contributed by atoms with Crippen LogP contribution in [-0.2, 0) is 9.53 Å². The number of likely N-dealkylation sites (tertiary alicyclic amines) is 1. The minimum absolute atomic E-state index is 0.0596. The molecule has 0 radical (unpaired) electrons. The summed E-state index contributed by atoms with van der Waals surface area (Å²) in [5, 5.41) is 10.8. The van der Waals surface area contributed by atoms with Crippen LogP contribution in [0.2, 0.25) is 0 Å². The Morgan fingerprint density at radius 2 is 1.97 bits per heavy atom. The van der Waals surface area contributed by atoms with E-state index in [9.17, 15) is 9.90 Å². The van der Waals surface area contributed by atoms with Crippen LogP contribution in [0.5, 0.6) is 0 Å². The van der Waals surface area contributed by atoms with Gasteiger partial charge in [0.1, 0.15) is 0 Å². The number of β-amino-alcohol motifs (C(OH)–C–C–N with tert-alkyl or cyclic N) is 1. The number of allylic oxidation sites excluding steroid dienone is 5. The number of amides is 1. The van der Waals surface area contributed by atoms with E-state index >= 15 is 0 Å². The highest BCUT2D eigenvalue weighted by Crippen LogP contribution is 2.35. The number of aliphatic hydroxyl groups excluding tert-OH is 1. The molecule has 0 saturated carbocycles. The Morgan fingerprint density at radius 1 is 1.09 bits per heavy atom. The van der Waals surface area contributed by atoms with Gasteiger partial charge in [-0.1, -0.05) is 36.5 Å². The predicted octanol–water partition coefficient (Wildman–Crippen LogP) is 2.79. The minimum Gasteiger partial charge on any atom is -0.390 e. The van der Waals surface area contributed by atoms with Crippen LogP contribution >= 0.6 is 0 Å². The molecule has 0 aromatic carbocycles. The van der Waals surface area contributed by atoms with E-state index < -0.39 is 6.10 Å². The van der Waals surface area contributed by atoms with Crippen LogP contribution < -0.4 is 0 Å². The molecule has 1 aliphatic carbocycles. The van der Waals surface area contributed by atoms with Crippen LogP contribution in [0.1, 0.15) is 38.5 Å². The Balaban J connectivity index is 1.20. The second kappa shape index (κ2) is 10.4. The zero-order valence-corrected chi connectivity index (χ0v) is 19.6. The molecule has 1 amide bonds. The lowest BCUT2D eigenvalue weighted by molar-refractivity contribution is -0.129. The smallest absolute Gasteiger partial charge is 0.254 e. The van der Waals surface area contributed by atoms with Crippen LogP contribution in [0.25, 0.3) is 0 Å². The second-order valence-corrected chi connectivity index (χ2v) is 9.92. The number of rotatable bonds is 5. The summed E-state index contributed by atoms with van der Waals surface area (Å²) in [6.07, 6.45) is 20.9. The average molecular weight is 452 g/mol. The van der Waals surface area contributed by atoms with Gasteiger partial charge in [0.15, 0.2) is 0 Å². The summed E-state index contributed by atoms with van der Waals surface area (Å²) >= 11 is 0. The Bertz CT molecular complexity index is 887. The first kappa shape index (κ1) is 22.6. The van der Waals surface area contributed by atoms with Crippen LogP contribution in [-0.4, -0.2) is 89.8 Å². The van der Waals surface area contributed by atoms with E-state index in [0.717, 1.165) is 75.9 Å². The topological polar surface area (TPSA) is 56.3 Å². The van der Waals surface area contributed by atoms with Crippen molar-refractivity contribution in [2.45, 2.75) is 56.8 Å².